The average Bonchev–Trinajstić information content (AvgIpc) is 2.85. The number of aromatic amines is 1. The molecule has 1 aliphatic heterocycles. The normalized spacial score (nSPS) is 26.3. The van der Waals surface area contributed by atoms with E-state index in [0.29, 0.717) is 5.75 Å². The second kappa shape index (κ2) is 8.81. The molecule has 0 unspecified atom stereocenters. The number of hydrogen-bond donors (Lipinski definition) is 4. The molecule has 0 bridgehead atoms. The zero-order valence-corrected chi connectivity index (χ0v) is 15.8. The standard InChI is InChI=1S/C13H21N2O9PS/c1-7-5-15(13(18)14-11(7)17)12-10(22-3-4-26-2)9(16)8(24-12)6-23-25(19,20)21/h5,8-10,12,16H,3-4,6H2,1-2H3,(H,14,17,18)(H2,19,20,21)/t8-,9-,10-,12-/m1/s1. The van der Waals surface area contributed by atoms with Gasteiger partial charge < -0.3 is 24.4 Å². The van der Waals surface area contributed by atoms with Gasteiger partial charge in [-0.1, -0.05) is 0 Å². The van der Waals surface area contributed by atoms with E-state index in [0.717, 1.165) is 4.57 Å². The Morgan fingerprint density at radius 1 is 1.42 bits per heavy atom. The first kappa shape index (κ1) is 21.3. The molecule has 11 nitrogen and oxygen atoms in total. The molecule has 1 saturated heterocycles. The molecule has 1 aromatic heterocycles. The number of phosphoric acid groups is 1. The third-order valence-corrected chi connectivity index (χ3v) is 4.80. The molecule has 2 heterocycles. The van der Waals surface area contributed by atoms with Crippen LogP contribution in [0.15, 0.2) is 15.8 Å². The third-order valence-electron chi connectivity index (χ3n) is 3.74. The van der Waals surface area contributed by atoms with Crippen molar-refractivity contribution in [3.8, 4) is 0 Å². The van der Waals surface area contributed by atoms with Gasteiger partial charge in [-0.25, -0.2) is 9.36 Å². The van der Waals surface area contributed by atoms with Crippen molar-refractivity contribution in [2.45, 2.75) is 31.5 Å². The first-order chi connectivity index (χ1) is 12.1. The Bertz CT molecular complexity index is 776. The molecule has 4 N–H and O–H groups in total. The maximum Gasteiger partial charge on any atom is 0.469 e. The summed E-state index contributed by atoms with van der Waals surface area (Å²) in [5.74, 6) is 0.624. The molecule has 0 saturated carbocycles. The quantitative estimate of drug-likeness (QED) is 0.307. The number of rotatable bonds is 8. The first-order valence-corrected chi connectivity index (χ1v) is 10.5. The number of nitrogens with one attached hydrogen (secondary N) is 1. The highest BCUT2D eigenvalue weighted by Crippen LogP contribution is 2.38. The van der Waals surface area contributed by atoms with Gasteiger partial charge in [-0.2, -0.15) is 11.8 Å². The van der Waals surface area contributed by atoms with Gasteiger partial charge in [-0.3, -0.25) is 18.9 Å². The maximum absolute atomic E-state index is 12.1. The fourth-order valence-electron chi connectivity index (χ4n) is 2.47. The van der Waals surface area contributed by atoms with E-state index in [1.165, 1.54) is 24.9 Å². The number of aliphatic hydroxyl groups excluding tert-OH is 1. The summed E-state index contributed by atoms with van der Waals surface area (Å²) in [6, 6.07) is 0. The van der Waals surface area contributed by atoms with Gasteiger partial charge in [-0.05, 0) is 13.2 Å². The Morgan fingerprint density at radius 2 is 2.12 bits per heavy atom. The second-order valence-corrected chi connectivity index (χ2v) is 7.87. The lowest BCUT2D eigenvalue weighted by Gasteiger charge is -2.22. The fraction of sp³-hybridized carbons (Fsp3) is 0.692. The topological polar surface area (TPSA) is 160 Å². The molecule has 2 rings (SSSR count). The number of aryl methyl sites for hydroxylation is 1. The van der Waals surface area contributed by atoms with E-state index in [1.54, 1.807) is 0 Å². The Labute approximate surface area is 152 Å². The molecule has 0 amide bonds. The molecule has 0 radical (unpaired) electrons. The summed E-state index contributed by atoms with van der Waals surface area (Å²) < 4.78 is 27.5. The van der Waals surface area contributed by atoms with Crippen molar-refractivity contribution in [2.24, 2.45) is 0 Å². The van der Waals surface area contributed by atoms with Crippen molar-refractivity contribution in [1.82, 2.24) is 9.55 Å². The summed E-state index contributed by atoms with van der Waals surface area (Å²) >= 11 is 1.51. The summed E-state index contributed by atoms with van der Waals surface area (Å²) in [4.78, 5) is 43.4. The zero-order valence-electron chi connectivity index (χ0n) is 14.1. The smallest absolute Gasteiger partial charge is 0.387 e. The summed E-state index contributed by atoms with van der Waals surface area (Å²) in [6.07, 6.45) is -1.38. The van der Waals surface area contributed by atoms with E-state index in [-0.39, 0.29) is 12.2 Å². The summed E-state index contributed by atoms with van der Waals surface area (Å²) in [5, 5.41) is 10.4. The number of nitrogens with zero attached hydrogens (tertiary/aromatic N) is 1. The highest BCUT2D eigenvalue weighted by atomic mass is 32.2. The molecule has 1 aromatic rings. The van der Waals surface area contributed by atoms with Crippen LogP contribution in [0.1, 0.15) is 11.8 Å². The minimum absolute atomic E-state index is 0.250. The number of aliphatic hydroxyl groups is 1. The van der Waals surface area contributed by atoms with Gasteiger partial charge in [0, 0.05) is 17.5 Å². The van der Waals surface area contributed by atoms with Gasteiger partial charge in [0.15, 0.2) is 6.23 Å². The monoisotopic (exact) mass is 412 g/mol. The second-order valence-electron chi connectivity index (χ2n) is 5.65. The Balaban J connectivity index is 2.28. The lowest BCUT2D eigenvalue weighted by molar-refractivity contribution is -0.0708. The Kier molecular flexibility index (Phi) is 7.22. The minimum Gasteiger partial charge on any atom is -0.387 e. The van der Waals surface area contributed by atoms with Crippen LogP contribution in [0.25, 0.3) is 0 Å². The van der Waals surface area contributed by atoms with Crippen LogP contribution in [0, 0.1) is 6.92 Å². The Hall–Kier alpha value is -0.980. The molecule has 1 fully saturated rings. The van der Waals surface area contributed by atoms with E-state index in [1.807, 2.05) is 6.26 Å². The van der Waals surface area contributed by atoms with Crippen LogP contribution in [0.3, 0.4) is 0 Å². The van der Waals surface area contributed by atoms with E-state index in [4.69, 9.17) is 19.3 Å². The summed E-state index contributed by atoms with van der Waals surface area (Å²) in [5.41, 5.74) is -1.06. The number of aromatic nitrogens is 2. The molecule has 1 aliphatic rings. The lowest BCUT2D eigenvalue weighted by atomic mass is 10.1. The lowest BCUT2D eigenvalue weighted by Crippen LogP contribution is -2.40. The SMILES string of the molecule is CSCCO[C@@H]1[C@H](O)[C@@H](COP(=O)(O)O)O[C@H]1n1cc(C)c(=O)[nH]c1=O. The number of H-pyrrole nitrogens is 1. The van der Waals surface area contributed by atoms with E-state index < -0.39 is 50.2 Å². The summed E-state index contributed by atoms with van der Waals surface area (Å²) in [7, 11) is -4.76. The van der Waals surface area contributed by atoms with Crippen LogP contribution in [-0.2, 0) is 18.6 Å². The van der Waals surface area contributed by atoms with Crippen LogP contribution in [0.5, 0.6) is 0 Å². The van der Waals surface area contributed by atoms with E-state index >= 15 is 0 Å². The molecule has 0 aromatic carbocycles. The van der Waals surface area contributed by atoms with E-state index in [9.17, 15) is 19.3 Å². The van der Waals surface area contributed by atoms with Crippen molar-refractivity contribution in [3.05, 3.63) is 32.6 Å². The molecule has 0 spiro atoms. The van der Waals surface area contributed by atoms with Gasteiger partial charge in [0.05, 0.1) is 13.2 Å². The summed E-state index contributed by atoms with van der Waals surface area (Å²) in [6.45, 7) is 1.16. The predicted octanol–water partition coefficient (Wildman–Crippen LogP) is -1.04. The van der Waals surface area contributed by atoms with Gasteiger partial charge in [0.1, 0.15) is 18.3 Å². The number of thioether (sulfide) groups is 1. The maximum atomic E-state index is 12.1. The van der Waals surface area contributed by atoms with E-state index in [2.05, 4.69) is 9.51 Å². The first-order valence-electron chi connectivity index (χ1n) is 7.60. The van der Waals surface area contributed by atoms with Crippen LogP contribution in [0.2, 0.25) is 0 Å². The van der Waals surface area contributed by atoms with Crippen molar-refractivity contribution >= 4 is 19.6 Å². The number of hydrogen-bond acceptors (Lipinski definition) is 8. The van der Waals surface area contributed by atoms with Crippen LogP contribution >= 0.6 is 19.6 Å². The minimum atomic E-state index is -4.76. The molecule has 13 heteroatoms. The molecular weight excluding hydrogens is 391 g/mol. The van der Waals surface area contributed by atoms with Crippen molar-refractivity contribution in [2.75, 3.05) is 25.2 Å². The van der Waals surface area contributed by atoms with Gasteiger partial charge >= 0.3 is 13.5 Å². The zero-order chi connectivity index (χ0) is 19.5. The molecule has 148 valence electrons. The highest BCUT2D eigenvalue weighted by Gasteiger charge is 2.46. The third kappa shape index (κ3) is 5.27. The number of phosphoric ester groups is 1. The number of ether oxygens (including phenoxy) is 2. The largest absolute Gasteiger partial charge is 0.469 e. The molecule has 26 heavy (non-hydrogen) atoms. The molecular formula is C13H21N2O9PS. The predicted molar refractivity (Wildman–Crippen MR) is 92.1 cm³/mol. The van der Waals surface area contributed by atoms with Crippen molar-refractivity contribution in [1.29, 1.82) is 0 Å². The van der Waals surface area contributed by atoms with Crippen molar-refractivity contribution < 1.29 is 33.5 Å². The van der Waals surface area contributed by atoms with Gasteiger partial charge in [-0.15, -0.1) is 0 Å². The molecule has 0 aliphatic carbocycles. The Morgan fingerprint density at radius 3 is 2.73 bits per heavy atom. The average molecular weight is 412 g/mol. The highest BCUT2D eigenvalue weighted by molar-refractivity contribution is 7.98. The fourth-order valence-corrected chi connectivity index (χ4v) is 3.08. The van der Waals surface area contributed by atoms with Crippen LogP contribution in [0.4, 0.5) is 0 Å². The van der Waals surface area contributed by atoms with Crippen molar-refractivity contribution in [3.63, 3.8) is 0 Å². The van der Waals surface area contributed by atoms with Gasteiger partial charge in [0.2, 0.25) is 0 Å². The van der Waals surface area contributed by atoms with Crippen LogP contribution < -0.4 is 11.2 Å². The molecule has 4 atom stereocenters. The van der Waals surface area contributed by atoms with Gasteiger partial charge in [0.25, 0.3) is 5.56 Å². The van der Waals surface area contributed by atoms with Crippen LogP contribution in [-0.4, -0.2) is 68.0 Å².